The van der Waals surface area contributed by atoms with Crippen molar-refractivity contribution in [3.8, 4) is 0 Å². The number of thiophene rings is 1. The minimum absolute atomic E-state index is 0.595. The van der Waals surface area contributed by atoms with Gasteiger partial charge in [-0.15, -0.1) is 11.3 Å². The molecule has 2 aromatic heterocycles. The molecule has 2 N–H and O–H groups in total. The summed E-state index contributed by atoms with van der Waals surface area (Å²) in [5.41, 5.74) is 7.58. The first-order valence-corrected chi connectivity index (χ1v) is 8.22. The Kier molecular flexibility index (Phi) is 3.20. The van der Waals surface area contributed by atoms with Crippen LogP contribution in [0, 0.1) is 0 Å². The maximum absolute atomic E-state index is 6.16. The van der Waals surface area contributed by atoms with E-state index in [1.165, 1.54) is 29.7 Å². The standard InChI is InChI=1S/C13H17N3S2/c1-3-17-13-15-11(14)10-9-7(2)5-4-6-8(9)18-12(10)16-13/h7H,3-6H2,1-2H3,(H2,14,15,16)/t7-/m0/s1. The summed E-state index contributed by atoms with van der Waals surface area (Å²) in [6, 6.07) is 0. The van der Waals surface area contributed by atoms with Crippen LogP contribution in [0.3, 0.4) is 0 Å². The highest BCUT2D eigenvalue weighted by molar-refractivity contribution is 7.99. The van der Waals surface area contributed by atoms with Crippen molar-refractivity contribution in [1.82, 2.24) is 9.97 Å². The van der Waals surface area contributed by atoms with Crippen LogP contribution in [-0.4, -0.2) is 15.7 Å². The molecule has 1 aliphatic carbocycles. The number of hydrogen-bond acceptors (Lipinski definition) is 5. The van der Waals surface area contributed by atoms with Crippen LogP contribution < -0.4 is 5.73 Å². The fourth-order valence-corrected chi connectivity index (χ4v) is 4.66. The van der Waals surface area contributed by atoms with Gasteiger partial charge in [-0.2, -0.15) is 0 Å². The van der Waals surface area contributed by atoms with Crippen LogP contribution in [0.5, 0.6) is 0 Å². The maximum Gasteiger partial charge on any atom is 0.190 e. The zero-order chi connectivity index (χ0) is 12.7. The van der Waals surface area contributed by atoms with Gasteiger partial charge in [-0.3, -0.25) is 0 Å². The van der Waals surface area contributed by atoms with Gasteiger partial charge in [-0.05, 0) is 36.5 Å². The van der Waals surface area contributed by atoms with E-state index in [0.717, 1.165) is 21.1 Å². The largest absolute Gasteiger partial charge is 0.383 e. The van der Waals surface area contributed by atoms with Gasteiger partial charge in [0.2, 0.25) is 0 Å². The van der Waals surface area contributed by atoms with E-state index in [4.69, 9.17) is 5.73 Å². The summed E-state index contributed by atoms with van der Waals surface area (Å²) in [4.78, 5) is 11.7. The van der Waals surface area contributed by atoms with Gasteiger partial charge in [-0.25, -0.2) is 9.97 Å². The molecule has 3 rings (SSSR count). The van der Waals surface area contributed by atoms with Gasteiger partial charge in [0.05, 0.1) is 5.39 Å². The molecule has 0 saturated carbocycles. The topological polar surface area (TPSA) is 51.8 Å². The average Bonchev–Trinajstić information content (AvgIpc) is 2.69. The predicted octanol–water partition coefficient (Wildman–Crippen LogP) is 3.83. The number of nitrogen functional groups attached to an aromatic ring is 1. The van der Waals surface area contributed by atoms with E-state index in [-0.39, 0.29) is 0 Å². The van der Waals surface area contributed by atoms with Crippen LogP contribution >= 0.6 is 23.1 Å². The fourth-order valence-electron chi connectivity index (χ4n) is 2.69. The van der Waals surface area contributed by atoms with Gasteiger partial charge in [0.15, 0.2) is 5.16 Å². The molecule has 0 radical (unpaired) electrons. The van der Waals surface area contributed by atoms with Crippen molar-refractivity contribution in [3.05, 3.63) is 10.4 Å². The second kappa shape index (κ2) is 4.70. The lowest BCUT2D eigenvalue weighted by atomic mass is 9.87. The second-order valence-electron chi connectivity index (χ2n) is 4.74. The number of hydrogen-bond donors (Lipinski definition) is 1. The van der Waals surface area contributed by atoms with Gasteiger partial charge in [0, 0.05) is 4.88 Å². The fraction of sp³-hybridized carbons (Fsp3) is 0.538. The van der Waals surface area contributed by atoms with Crippen molar-refractivity contribution in [3.63, 3.8) is 0 Å². The molecule has 0 amide bonds. The number of fused-ring (bicyclic) bond motifs is 3. The number of thioether (sulfide) groups is 1. The molecule has 0 fully saturated rings. The SMILES string of the molecule is CCSc1nc(N)c2c3c(sc2n1)CCC[C@@H]3C. The van der Waals surface area contributed by atoms with Crippen molar-refractivity contribution in [1.29, 1.82) is 0 Å². The lowest BCUT2D eigenvalue weighted by Gasteiger charge is -2.18. The third-order valence-corrected chi connectivity index (χ3v) is 5.37. The molecule has 0 bridgehead atoms. The Labute approximate surface area is 115 Å². The van der Waals surface area contributed by atoms with Crippen LogP contribution in [-0.2, 0) is 6.42 Å². The van der Waals surface area contributed by atoms with Crippen LogP contribution in [0.2, 0.25) is 0 Å². The second-order valence-corrected chi connectivity index (χ2v) is 7.05. The van der Waals surface area contributed by atoms with E-state index in [9.17, 15) is 0 Å². The first-order valence-electron chi connectivity index (χ1n) is 6.42. The van der Waals surface area contributed by atoms with Crippen molar-refractivity contribution in [2.75, 3.05) is 11.5 Å². The Hall–Kier alpha value is -0.810. The number of aromatic nitrogens is 2. The summed E-state index contributed by atoms with van der Waals surface area (Å²) < 4.78 is 0. The third-order valence-electron chi connectivity index (χ3n) is 3.48. The third kappa shape index (κ3) is 1.89. The zero-order valence-corrected chi connectivity index (χ0v) is 12.3. The number of nitrogens with zero attached hydrogens (tertiary/aromatic N) is 2. The quantitative estimate of drug-likeness (QED) is 0.670. The molecule has 0 spiro atoms. The van der Waals surface area contributed by atoms with Gasteiger partial charge >= 0.3 is 0 Å². The summed E-state index contributed by atoms with van der Waals surface area (Å²) in [7, 11) is 0. The highest BCUT2D eigenvalue weighted by Crippen LogP contribution is 2.43. The van der Waals surface area contributed by atoms with Crippen molar-refractivity contribution >= 4 is 39.1 Å². The number of rotatable bonds is 2. The Morgan fingerprint density at radius 3 is 3.06 bits per heavy atom. The number of aryl methyl sites for hydroxylation is 1. The van der Waals surface area contributed by atoms with Crippen LogP contribution in [0.25, 0.3) is 10.2 Å². The summed E-state index contributed by atoms with van der Waals surface area (Å²) in [5.74, 6) is 2.24. The molecule has 0 unspecified atom stereocenters. The summed E-state index contributed by atoms with van der Waals surface area (Å²) >= 11 is 3.47. The van der Waals surface area contributed by atoms with Crippen LogP contribution in [0.1, 0.15) is 43.0 Å². The molecule has 0 saturated heterocycles. The normalized spacial score (nSPS) is 19.1. The molecule has 1 aliphatic rings. The smallest absolute Gasteiger partial charge is 0.190 e. The van der Waals surface area contributed by atoms with Gasteiger partial charge in [-0.1, -0.05) is 25.6 Å². The van der Waals surface area contributed by atoms with E-state index >= 15 is 0 Å². The molecule has 5 heteroatoms. The first kappa shape index (κ1) is 12.2. The van der Waals surface area contributed by atoms with Crippen molar-refractivity contribution in [2.45, 2.75) is 44.2 Å². The van der Waals surface area contributed by atoms with E-state index < -0.39 is 0 Å². The number of nitrogens with two attached hydrogens (primary N) is 1. The van der Waals surface area contributed by atoms with Gasteiger partial charge in [0.1, 0.15) is 10.6 Å². The van der Waals surface area contributed by atoms with Gasteiger partial charge in [0.25, 0.3) is 0 Å². The van der Waals surface area contributed by atoms with Crippen LogP contribution in [0.15, 0.2) is 5.16 Å². The minimum Gasteiger partial charge on any atom is -0.383 e. The summed E-state index contributed by atoms with van der Waals surface area (Å²) in [6.07, 6.45) is 3.71. The summed E-state index contributed by atoms with van der Waals surface area (Å²) in [6.45, 7) is 4.40. The number of anilines is 1. The minimum atomic E-state index is 0.595. The Balaban J connectivity index is 2.22. The highest BCUT2D eigenvalue weighted by atomic mass is 32.2. The van der Waals surface area contributed by atoms with Crippen molar-refractivity contribution < 1.29 is 0 Å². The molecular formula is C13H17N3S2. The highest BCUT2D eigenvalue weighted by Gasteiger charge is 2.24. The Morgan fingerprint density at radius 1 is 1.44 bits per heavy atom. The van der Waals surface area contributed by atoms with Crippen LogP contribution in [0.4, 0.5) is 5.82 Å². The maximum atomic E-state index is 6.16. The van der Waals surface area contributed by atoms with E-state index in [0.29, 0.717) is 11.7 Å². The van der Waals surface area contributed by atoms with E-state index in [2.05, 4.69) is 23.8 Å². The monoisotopic (exact) mass is 279 g/mol. The predicted molar refractivity (Wildman–Crippen MR) is 79.6 cm³/mol. The lowest BCUT2D eigenvalue weighted by molar-refractivity contribution is 0.602. The molecule has 96 valence electrons. The average molecular weight is 279 g/mol. The molecule has 0 aromatic carbocycles. The molecule has 2 heterocycles. The molecule has 3 nitrogen and oxygen atoms in total. The molecule has 18 heavy (non-hydrogen) atoms. The molecular weight excluding hydrogens is 262 g/mol. The van der Waals surface area contributed by atoms with E-state index in [1.807, 2.05) is 11.3 Å². The first-order chi connectivity index (χ1) is 8.70. The lowest BCUT2D eigenvalue weighted by Crippen LogP contribution is -2.05. The molecule has 2 aromatic rings. The van der Waals surface area contributed by atoms with Gasteiger partial charge < -0.3 is 5.73 Å². The zero-order valence-electron chi connectivity index (χ0n) is 10.7. The molecule has 1 atom stereocenters. The Morgan fingerprint density at radius 2 is 2.28 bits per heavy atom. The Bertz CT molecular complexity index is 591. The van der Waals surface area contributed by atoms with Crippen molar-refractivity contribution in [2.24, 2.45) is 0 Å². The van der Waals surface area contributed by atoms with E-state index in [1.54, 1.807) is 11.8 Å². The molecule has 0 aliphatic heterocycles. The summed E-state index contributed by atoms with van der Waals surface area (Å²) in [5, 5.41) is 1.94.